The van der Waals surface area contributed by atoms with E-state index in [0.717, 1.165) is 0 Å². The SMILES string of the molecule is O=Cc1nc(C(=O)C(=O)O)sc1C=O. The van der Waals surface area contributed by atoms with E-state index in [4.69, 9.17) is 5.11 Å². The zero-order valence-electron chi connectivity index (χ0n) is 6.59. The van der Waals surface area contributed by atoms with Gasteiger partial charge in [-0.3, -0.25) is 14.4 Å². The van der Waals surface area contributed by atoms with E-state index < -0.39 is 11.8 Å². The van der Waals surface area contributed by atoms with Gasteiger partial charge in [-0.15, -0.1) is 11.3 Å². The molecule has 1 N–H and O–H groups in total. The topological polar surface area (TPSA) is 101 Å². The van der Waals surface area contributed by atoms with E-state index in [0.29, 0.717) is 23.9 Å². The zero-order chi connectivity index (χ0) is 10.7. The Balaban J connectivity index is 3.19. The quantitative estimate of drug-likeness (QED) is 0.430. The van der Waals surface area contributed by atoms with Crippen molar-refractivity contribution in [2.24, 2.45) is 0 Å². The lowest BCUT2D eigenvalue weighted by Crippen LogP contribution is -2.12. The number of hydrogen-bond acceptors (Lipinski definition) is 6. The van der Waals surface area contributed by atoms with E-state index in [9.17, 15) is 19.2 Å². The minimum atomic E-state index is -1.67. The second-order valence-corrected chi connectivity index (χ2v) is 3.17. The smallest absolute Gasteiger partial charge is 0.379 e. The van der Waals surface area contributed by atoms with Gasteiger partial charge in [0.2, 0.25) is 0 Å². The van der Waals surface area contributed by atoms with Crippen LogP contribution in [0.2, 0.25) is 0 Å². The van der Waals surface area contributed by atoms with Gasteiger partial charge in [-0.2, -0.15) is 0 Å². The fraction of sp³-hybridized carbons (Fsp3) is 0. The Bertz CT molecular complexity index is 396. The standard InChI is InChI=1S/C7H3NO5S/c9-1-3-4(2-10)14-6(8-3)5(11)7(12)13/h1-2H,(H,12,13). The van der Waals surface area contributed by atoms with Gasteiger partial charge in [-0.25, -0.2) is 9.78 Å². The first kappa shape index (κ1) is 10.2. The molecular weight excluding hydrogens is 210 g/mol. The van der Waals surface area contributed by atoms with Crippen LogP contribution in [0.1, 0.15) is 30.0 Å². The van der Waals surface area contributed by atoms with Crippen LogP contribution in [0.25, 0.3) is 0 Å². The number of thiazole rings is 1. The number of nitrogens with zero attached hydrogens (tertiary/aromatic N) is 1. The van der Waals surface area contributed by atoms with Crippen molar-refractivity contribution < 1.29 is 24.3 Å². The van der Waals surface area contributed by atoms with Crippen LogP contribution >= 0.6 is 11.3 Å². The van der Waals surface area contributed by atoms with Crippen LogP contribution in [0, 0.1) is 0 Å². The molecular formula is C7H3NO5S. The van der Waals surface area contributed by atoms with Gasteiger partial charge in [0.1, 0.15) is 5.69 Å². The Hall–Kier alpha value is -1.89. The van der Waals surface area contributed by atoms with E-state index in [-0.39, 0.29) is 15.6 Å². The Morgan fingerprint density at radius 1 is 1.29 bits per heavy atom. The highest BCUT2D eigenvalue weighted by molar-refractivity contribution is 7.16. The summed E-state index contributed by atoms with van der Waals surface area (Å²) in [6.07, 6.45) is 0.638. The maximum Gasteiger partial charge on any atom is 0.379 e. The van der Waals surface area contributed by atoms with Crippen molar-refractivity contribution in [1.82, 2.24) is 4.98 Å². The molecule has 14 heavy (non-hydrogen) atoms. The third kappa shape index (κ3) is 1.72. The molecule has 1 rings (SSSR count). The van der Waals surface area contributed by atoms with Crippen LogP contribution in [0.15, 0.2) is 0 Å². The summed E-state index contributed by atoms with van der Waals surface area (Å²) in [5, 5.41) is 7.95. The number of aldehydes is 2. The van der Waals surface area contributed by atoms with E-state index >= 15 is 0 Å². The second-order valence-electron chi connectivity index (χ2n) is 2.14. The zero-order valence-corrected chi connectivity index (χ0v) is 7.41. The van der Waals surface area contributed by atoms with E-state index in [1.54, 1.807) is 0 Å². The van der Waals surface area contributed by atoms with Crippen molar-refractivity contribution in [2.45, 2.75) is 0 Å². The van der Waals surface area contributed by atoms with Gasteiger partial charge in [0.25, 0.3) is 5.78 Å². The Morgan fingerprint density at radius 3 is 2.29 bits per heavy atom. The molecule has 0 spiro atoms. The summed E-state index contributed by atoms with van der Waals surface area (Å²) in [5.41, 5.74) is -0.213. The number of carbonyl (C=O) groups is 4. The van der Waals surface area contributed by atoms with Crippen LogP contribution in [0.4, 0.5) is 0 Å². The molecule has 0 aliphatic carbocycles. The Kier molecular flexibility index (Phi) is 2.82. The molecule has 6 nitrogen and oxygen atoms in total. The molecule has 1 aromatic rings. The maximum atomic E-state index is 10.9. The average Bonchev–Trinajstić information content (AvgIpc) is 2.59. The number of carboxylic acids is 1. The number of carboxylic acid groups (broad SMARTS) is 1. The largest absolute Gasteiger partial charge is 0.475 e. The van der Waals surface area contributed by atoms with E-state index in [1.807, 2.05) is 0 Å². The lowest BCUT2D eigenvalue weighted by Gasteiger charge is -1.84. The van der Waals surface area contributed by atoms with Crippen molar-refractivity contribution in [1.29, 1.82) is 0 Å². The third-order valence-electron chi connectivity index (χ3n) is 1.29. The van der Waals surface area contributed by atoms with Crippen LogP contribution in [-0.2, 0) is 4.79 Å². The molecule has 0 saturated carbocycles. The number of hydrogen-bond donors (Lipinski definition) is 1. The first-order chi connectivity index (χ1) is 6.60. The van der Waals surface area contributed by atoms with Crippen LogP contribution < -0.4 is 0 Å². The highest BCUT2D eigenvalue weighted by Crippen LogP contribution is 2.15. The number of carbonyl (C=O) groups excluding carboxylic acids is 3. The fourth-order valence-corrected chi connectivity index (χ4v) is 1.48. The number of Topliss-reactive ketones (excluding diaryl/α,β-unsaturated/α-hetero) is 1. The number of aliphatic carboxylic acids is 1. The van der Waals surface area contributed by atoms with Crippen molar-refractivity contribution in [3.05, 3.63) is 15.6 Å². The van der Waals surface area contributed by atoms with Gasteiger partial charge in [-0.1, -0.05) is 0 Å². The average molecular weight is 213 g/mol. The molecule has 1 heterocycles. The molecule has 0 atom stereocenters. The predicted molar refractivity (Wildman–Crippen MR) is 44.9 cm³/mol. The normalized spacial score (nSPS) is 9.43. The Labute approximate surface area is 81.2 Å². The van der Waals surface area contributed by atoms with Crippen molar-refractivity contribution in [3.63, 3.8) is 0 Å². The molecule has 72 valence electrons. The minimum Gasteiger partial charge on any atom is -0.475 e. The van der Waals surface area contributed by atoms with Gasteiger partial charge in [0.05, 0.1) is 4.88 Å². The van der Waals surface area contributed by atoms with Crippen molar-refractivity contribution in [2.75, 3.05) is 0 Å². The molecule has 0 radical (unpaired) electrons. The number of rotatable bonds is 4. The van der Waals surface area contributed by atoms with Gasteiger partial charge >= 0.3 is 5.97 Å². The Morgan fingerprint density at radius 2 is 1.93 bits per heavy atom. The highest BCUT2D eigenvalue weighted by Gasteiger charge is 2.21. The highest BCUT2D eigenvalue weighted by atomic mass is 32.1. The summed E-state index contributed by atoms with van der Waals surface area (Å²) in [6.45, 7) is 0. The monoisotopic (exact) mass is 213 g/mol. The molecule has 1 aromatic heterocycles. The third-order valence-corrected chi connectivity index (χ3v) is 2.28. The van der Waals surface area contributed by atoms with Crippen LogP contribution in [0.5, 0.6) is 0 Å². The molecule has 7 heteroatoms. The van der Waals surface area contributed by atoms with Crippen molar-refractivity contribution >= 4 is 35.7 Å². The summed E-state index contributed by atoms with van der Waals surface area (Å²) in [5.74, 6) is -2.90. The predicted octanol–water partition coefficient (Wildman–Crippen LogP) is 0.0354. The summed E-state index contributed by atoms with van der Waals surface area (Å²) in [7, 11) is 0. The molecule has 0 saturated heterocycles. The lowest BCUT2D eigenvalue weighted by atomic mass is 10.4. The summed E-state index contributed by atoms with van der Waals surface area (Å²) < 4.78 is 0. The summed E-state index contributed by atoms with van der Waals surface area (Å²) >= 11 is 0.580. The molecule has 0 fully saturated rings. The molecule has 0 aromatic carbocycles. The molecule has 0 aliphatic heterocycles. The first-order valence-corrected chi connectivity index (χ1v) is 4.10. The number of aromatic nitrogens is 1. The molecule has 0 amide bonds. The second kappa shape index (κ2) is 3.88. The minimum absolute atomic E-state index is 0.0513. The van der Waals surface area contributed by atoms with Crippen LogP contribution in [0.3, 0.4) is 0 Å². The number of ketones is 1. The van der Waals surface area contributed by atoms with E-state index in [1.165, 1.54) is 0 Å². The molecule has 0 bridgehead atoms. The fourth-order valence-electron chi connectivity index (χ4n) is 0.701. The lowest BCUT2D eigenvalue weighted by molar-refractivity contribution is -0.131. The summed E-state index contributed by atoms with van der Waals surface area (Å²) in [4.78, 5) is 45.1. The van der Waals surface area contributed by atoms with Gasteiger partial charge in [0, 0.05) is 0 Å². The maximum absolute atomic E-state index is 10.9. The summed E-state index contributed by atoms with van der Waals surface area (Å²) in [6, 6.07) is 0. The van der Waals surface area contributed by atoms with Crippen LogP contribution in [-0.4, -0.2) is 34.4 Å². The van der Waals surface area contributed by atoms with Gasteiger partial charge < -0.3 is 5.11 Å². The first-order valence-electron chi connectivity index (χ1n) is 3.29. The molecule has 0 aliphatic rings. The van der Waals surface area contributed by atoms with Gasteiger partial charge in [-0.05, 0) is 0 Å². The van der Waals surface area contributed by atoms with E-state index in [2.05, 4.69) is 4.98 Å². The molecule has 0 unspecified atom stereocenters. The van der Waals surface area contributed by atoms with Gasteiger partial charge in [0.15, 0.2) is 17.6 Å². The van der Waals surface area contributed by atoms with Crippen molar-refractivity contribution in [3.8, 4) is 0 Å².